The van der Waals surface area contributed by atoms with E-state index >= 15 is 0 Å². The molecule has 0 unspecified atom stereocenters. The molecule has 2 heterocycles. The number of aromatic nitrogens is 3. The minimum absolute atomic E-state index is 0.172. The average molecular weight is 471 g/mol. The molecular weight excluding hydrogens is 455 g/mol. The van der Waals surface area contributed by atoms with E-state index < -0.39 is 11.5 Å². The maximum atomic E-state index is 12.3. The van der Waals surface area contributed by atoms with Crippen LogP contribution in [0.4, 0.5) is 11.6 Å². The summed E-state index contributed by atoms with van der Waals surface area (Å²) in [6.45, 7) is 0. The number of ether oxygens (including phenoxy) is 1. The van der Waals surface area contributed by atoms with Gasteiger partial charge in [-0.1, -0.05) is 29.3 Å². The molecule has 1 N–H and O–H groups in total. The summed E-state index contributed by atoms with van der Waals surface area (Å²) >= 11 is 12.9. The second kappa shape index (κ2) is 8.86. The highest BCUT2D eigenvalue weighted by Gasteiger charge is 2.19. The van der Waals surface area contributed by atoms with Crippen molar-refractivity contribution in [1.29, 1.82) is 0 Å². The van der Waals surface area contributed by atoms with Gasteiger partial charge in [0, 0.05) is 22.7 Å². The van der Waals surface area contributed by atoms with Gasteiger partial charge in [0.05, 0.1) is 28.4 Å². The number of esters is 1. The Labute approximate surface area is 192 Å². The topological polar surface area (TPSA) is 95.3 Å². The number of halogens is 2. The average Bonchev–Trinajstić information content (AvgIpc) is 2.79. The van der Waals surface area contributed by atoms with Crippen molar-refractivity contribution < 1.29 is 14.4 Å². The fourth-order valence-electron chi connectivity index (χ4n) is 3.18. The van der Waals surface area contributed by atoms with Gasteiger partial charge < -0.3 is 14.9 Å². The van der Waals surface area contributed by atoms with Crippen molar-refractivity contribution in [2.45, 2.75) is 0 Å². The number of fused-ring (bicyclic) bond motifs is 1. The van der Waals surface area contributed by atoms with Crippen LogP contribution in [-0.4, -0.2) is 34.9 Å². The van der Waals surface area contributed by atoms with Gasteiger partial charge in [0.15, 0.2) is 5.65 Å². The number of nitrogens with zero attached hydrogens (tertiary/aromatic N) is 3. The summed E-state index contributed by atoms with van der Waals surface area (Å²) in [7, 11) is 2.68. The van der Waals surface area contributed by atoms with Crippen LogP contribution in [0.2, 0.25) is 10.0 Å². The van der Waals surface area contributed by atoms with Crippen molar-refractivity contribution in [1.82, 2.24) is 14.7 Å². The Balaban J connectivity index is 1.90. The van der Waals surface area contributed by atoms with Gasteiger partial charge in [-0.05, 0) is 42.5 Å². The smallest absolute Gasteiger partial charge is 0.337 e. The van der Waals surface area contributed by atoms with Gasteiger partial charge in [-0.25, -0.2) is 9.78 Å². The van der Waals surface area contributed by atoms with Gasteiger partial charge >= 0.3 is 5.97 Å². The van der Waals surface area contributed by atoms with Crippen LogP contribution in [0.25, 0.3) is 22.3 Å². The summed E-state index contributed by atoms with van der Waals surface area (Å²) in [5.41, 5.74) is 1.75. The summed E-state index contributed by atoms with van der Waals surface area (Å²) in [4.78, 5) is 38.3. The van der Waals surface area contributed by atoms with E-state index in [4.69, 9.17) is 32.8 Å². The summed E-state index contributed by atoms with van der Waals surface area (Å²) in [6.07, 6.45) is 0. The van der Waals surface area contributed by atoms with Crippen LogP contribution in [0.15, 0.2) is 59.4 Å². The van der Waals surface area contributed by atoms with E-state index in [9.17, 15) is 9.59 Å². The Morgan fingerprint density at radius 1 is 0.969 bits per heavy atom. The molecule has 0 atom stereocenters. The maximum absolute atomic E-state index is 12.3. The number of carbonyl (C=O) groups excluding carboxylic acids is 1. The molecule has 0 spiro atoms. The number of rotatable bonds is 5. The molecule has 0 aliphatic carbocycles. The molecule has 8 nitrogen and oxygen atoms in total. The van der Waals surface area contributed by atoms with Crippen molar-refractivity contribution in [3.8, 4) is 11.3 Å². The Morgan fingerprint density at radius 2 is 1.66 bits per heavy atom. The van der Waals surface area contributed by atoms with E-state index in [2.05, 4.69) is 15.3 Å². The molecule has 32 heavy (non-hydrogen) atoms. The largest absolute Gasteiger partial charge is 0.465 e. The van der Waals surface area contributed by atoms with E-state index in [1.807, 2.05) is 0 Å². The third-order valence-corrected chi connectivity index (χ3v) is 5.28. The highest BCUT2D eigenvalue weighted by Crippen LogP contribution is 2.37. The van der Waals surface area contributed by atoms with Crippen molar-refractivity contribution in [2.24, 2.45) is 0 Å². The van der Waals surface area contributed by atoms with Crippen molar-refractivity contribution in [3.05, 3.63) is 80.6 Å². The lowest BCUT2D eigenvalue weighted by Gasteiger charge is -2.14. The quantitative estimate of drug-likeness (QED) is 0.433. The second-order valence-electron chi connectivity index (χ2n) is 6.57. The molecule has 0 saturated carbocycles. The Kier molecular flexibility index (Phi) is 5.98. The van der Waals surface area contributed by atoms with Gasteiger partial charge in [0.25, 0.3) is 5.56 Å². The normalized spacial score (nSPS) is 10.8. The lowest BCUT2D eigenvalue weighted by molar-refractivity contribution is 0.0601. The van der Waals surface area contributed by atoms with Crippen LogP contribution in [0.1, 0.15) is 10.4 Å². The van der Waals surface area contributed by atoms with E-state index in [1.54, 1.807) is 48.5 Å². The van der Waals surface area contributed by atoms with E-state index in [0.29, 0.717) is 37.9 Å². The highest BCUT2D eigenvalue weighted by atomic mass is 35.5. The first-order valence-corrected chi connectivity index (χ1v) is 10.1. The number of pyridine rings is 1. The second-order valence-corrected chi connectivity index (χ2v) is 7.39. The molecule has 0 aliphatic heterocycles. The van der Waals surface area contributed by atoms with Gasteiger partial charge in [0.1, 0.15) is 7.11 Å². The van der Waals surface area contributed by atoms with E-state index in [0.717, 1.165) is 4.73 Å². The molecule has 0 saturated heterocycles. The summed E-state index contributed by atoms with van der Waals surface area (Å²) in [5.74, 6) is -0.274. The van der Waals surface area contributed by atoms with Crippen LogP contribution >= 0.6 is 23.2 Å². The molecular formula is C22H16Cl2N4O4. The summed E-state index contributed by atoms with van der Waals surface area (Å²) in [6, 6.07) is 14.6. The SMILES string of the molecule is COC(=O)c1ccc(Nc2nc(-c3c(Cl)cccc3Cl)c3ccc(=O)n(OC)c3n2)cc1. The highest BCUT2D eigenvalue weighted by molar-refractivity contribution is 6.39. The number of hydrogen-bond donors (Lipinski definition) is 1. The molecule has 0 amide bonds. The number of nitrogens with one attached hydrogen (secondary N) is 1. The van der Waals surface area contributed by atoms with Crippen LogP contribution in [-0.2, 0) is 4.74 Å². The Hall–Kier alpha value is -3.62. The Morgan fingerprint density at radius 3 is 2.28 bits per heavy atom. The van der Waals surface area contributed by atoms with Crippen LogP contribution in [0.3, 0.4) is 0 Å². The van der Waals surface area contributed by atoms with Gasteiger partial charge in [-0.15, -0.1) is 4.73 Å². The number of methoxy groups -OCH3 is 1. The standard InChI is InChI=1S/C22H16Cl2N4O4/c1-31-21(30)12-6-8-13(9-7-12)25-22-26-19(18-15(23)4-3-5-16(18)24)14-10-11-17(29)28(32-2)20(14)27-22/h3-11H,1-2H3,(H,25,26,27). The third-order valence-electron chi connectivity index (χ3n) is 4.65. The molecule has 10 heteroatoms. The molecule has 0 radical (unpaired) electrons. The number of hydrogen-bond acceptors (Lipinski definition) is 7. The zero-order valence-corrected chi connectivity index (χ0v) is 18.4. The first-order valence-electron chi connectivity index (χ1n) is 9.31. The molecule has 4 aromatic rings. The molecule has 0 bridgehead atoms. The minimum atomic E-state index is -0.446. The lowest BCUT2D eigenvalue weighted by atomic mass is 10.1. The third kappa shape index (κ3) is 3.98. The van der Waals surface area contributed by atoms with E-state index in [-0.39, 0.29) is 11.6 Å². The van der Waals surface area contributed by atoms with Crippen LogP contribution in [0, 0.1) is 0 Å². The van der Waals surface area contributed by atoms with Gasteiger partial charge in [0.2, 0.25) is 5.95 Å². The molecule has 0 fully saturated rings. The first-order chi connectivity index (χ1) is 15.4. The Bertz CT molecular complexity index is 1370. The van der Waals surface area contributed by atoms with Crippen molar-refractivity contribution >= 4 is 51.8 Å². The fourth-order valence-corrected chi connectivity index (χ4v) is 3.75. The van der Waals surface area contributed by atoms with Crippen molar-refractivity contribution in [2.75, 3.05) is 19.5 Å². The van der Waals surface area contributed by atoms with Crippen molar-refractivity contribution in [3.63, 3.8) is 0 Å². The molecule has 2 aromatic carbocycles. The monoisotopic (exact) mass is 470 g/mol. The zero-order valence-electron chi connectivity index (χ0n) is 16.9. The van der Waals surface area contributed by atoms with E-state index in [1.165, 1.54) is 20.3 Å². The zero-order chi connectivity index (χ0) is 22.8. The number of carbonyl (C=O) groups is 1. The summed E-state index contributed by atoms with van der Waals surface area (Å²) < 4.78 is 5.76. The molecule has 162 valence electrons. The lowest BCUT2D eigenvalue weighted by Crippen LogP contribution is -2.25. The fraction of sp³-hybridized carbons (Fsp3) is 0.0909. The van der Waals surface area contributed by atoms with Gasteiger partial charge in [-0.2, -0.15) is 4.98 Å². The number of benzene rings is 2. The first kappa shape index (κ1) is 21.6. The number of anilines is 2. The van der Waals surface area contributed by atoms with Crippen LogP contribution < -0.4 is 15.7 Å². The van der Waals surface area contributed by atoms with Crippen LogP contribution in [0.5, 0.6) is 0 Å². The molecule has 0 aliphatic rings. The molecule has 2 aromatic heterocycles. The maximum Gasteiger partial charge on any atom is 0.337 e. The summed E-state index contributed by atoms with van der Waals surface area (Å²) in [5, 5.41) is 4.37. The molecule has 4 rings (SSSR count). The van der Waals surface area contributed by atoms with Gasteiger partial charge in [-0.3, -0.25) is 4.79 Å². The predicted octanol–water partition coefficient (Wildman–Crippen LogP) is 4.35. The minimum Gasteiger partial charge on any atom is -0.465 e. The predicted molar refractivity (Wildman–Crippen MR) is 123 cm³/mol.